The van der Waals surface area contributed by atoms with Crippen LogP contribution < -0.4 is 11.2 Å². The molecule has 1 aliphatic rings. The quantitative estimate of drug-likeness (QED) is 0.721. The molecule has 8 nitrogen and oxygen atoms in total. The molecule has 0 aliphatic carbocycles. The molecule has 0 radical (unpaired) electrons. The summed E-state index contributed by atoms with van der Waals surface area (Å²) in [7, 11) is 2.71. The topological polar surface area (TPSA) is 106 Å². The van der Waals surface area contributed by atoms with E-state index in [0.29, 0.717) is 13.0 Å². The molecule has 128 valence electrons. The Labute approximate surface area is 133 Å². The number of nitrogens with zero attached hydrogens (tertiary/aromatic N) is 3. The van der Waals surface area contributed by atoms with Crippen LogP contribution in [0, 0.1) is 5.92 Å². The fourth-order valence-electron chi connectivity index (χ4n) is 2.72. The van der Waals surface area contributed by atoms with Crippen LogP contribution in [0.15, 0.2) is 14.6 Å². The first kappa shape index (κ1) is 17.4. The summed E-state index contributed by atoms with van der Waals surface area (Å²) in [6.45, 7) is 4.15. The van der Waals surface area contributed by atoms with Crippen LogP contribution in [0.3, 0.4) is 0 Å². The Morgan fingerprint density at radius 1 is 1.35 bits per heavy atom. The van der Waals surface area contributed by atoms with Gasteiger partial charge in [0.05, 0.1) is 24.9 Å². The van der Waals surface area contributed by atoms with Gasteiger partial charge in [0.1, 0.15) is 5.56 Å². The molecule has 0 aromatic carbocycles. The van der Waals surface area contributed by atoms with E-state index in [4.69, 9.17) is 4.74 Å². The van der Waals surface area contributed by atoms with Crippen molar-refractivity contribution in [2.24, 2.45) is 25.0 Å². The van der Waals surface area contributed by atoms with Crippen molar-refractivity contribution >= 4 is 6.21 Å². The van der Waals surface area contributed by atoms with Gasteiger partial charge in [0, 0.05) is 26.2 Å². The zero-order valence-electron chi connectivity index (χ0n) is 13.8. The summed E-state index contributed by atoms with van der Waals surface area (Å²) < 4.78 is 7.46. The molecule has 2 N–H and O–H groups in total. The molecule has 1 aliphatic heterocycles. The zero-order valence-corrected chi connectivity index (χ0v) is 13.8. The maximum atomic E-state index is 12.1. The van der Waals surface area contributed by atoms with E-state index >= 15 is 0 Å². The molecule has 2 rings (SSSR count). The highest BCUT2D eigenvalue weighted by Gasteiger charge is 2.35. The van der Waals surface area contributed by atoms with Crippen LogP contribution in [-0.2, 0) is 18.8 Å². The number of rotatable bonds is 3. The second-order valence-corrected chi connectivity index (χ2v) is 5.92. The lowest BCUT2D eigenvalue weighted by molar-refractivity contribution is -0.110. The number of aliphatic hydroxyl groups excluding tert-OH is 1. The maximum absolute atomic E-state index is 12.1. The third-order valence-electron chi connectivity index (χ3n) is 4.47. The Bertz CT molecular complexity index is 721. The first-order chi connectivity index (χ1) is 10.8. The second-order valence-electron chi connectivity index (χ2n) is 5.92. The molecule has 23 heavy (non-hydrogen) atoms. The first-order valence-corrected chi connectivity index (χ1v) is 7.61. The van der Waals surface area contributed by atoms with Crippen LogP contribution in [0.5, 0.6) is 5.88 Å². The van der Waals surface area contributed by atoms with Crippen molar-refractivity contribution in [2.75, 3.05) is 6.61 Å². The minimum Gasteiger partial charge on any atom is -0.494 e. The van der Waals surface area contributed by atoms with Gasteiger partial charge in [-0.3, -0.25) is 18.9 Å². The van der Waals surface area contributed by atoms with E-state index in [1.807, 2.05) is 13.8 Å². The van der Waals surface area contributed by atoms with Gasteiger partial charge in [-0.25, -0.2) is 4.79 Å². The van der Waals surface area contributed by atoms with E-state index in [0.717, 1.165) is 9.13 Å². The summed E-state index contributed by atoms with van der Waals surface area (Å²) in [6, 6.07) is -0.325. The van der Waals surface area contributed by atoms with Crippen molar-refractivity contribution in [3.63, 3.8) is 0 Å². The summed E-state index contributed by atoms with van der Waals surface area (Å²) in [4.78, 5) is 28.1. The Morgan fingerprint density at radius 3 is 2.61 bits per heavy atom. The molecular formula is C15H23N3O5. The third-order valence-corrected chi connectivity index (χ3v) is 4.47. The number of aliphatic imine (C=N–C) groups is 1. The SMILES string of the molecule is CCC1OCC(N=Cc2c(O)n(C)c(=O)n(C)c2=O)[C@@H](C)[C@H]1O. The van der Waals surface area contributed by atoms with E-state index in [-0.39, 0.29) is 23.6 Å². The van der Waals surface area contributed by atoms with Crippen molar-refractivity contribution in [3.8, 4) is 5.88 Å². The molecule has 8 heteroatoms. The highest BCUT2D eigenvalue weighted by Crippen LogP contribution is 2.25. The van der Waals surface area contributed by atoms with Gasteiger partial charge in [-0.15, -0.1) is 0 Å². The third kappa shape index (κ3) is 3.09. The van der Waals surface area contributed by atoms with E-state index in [1.54, 1.807) is 0 Å². The van der Waals surface area contributed by atoms with E-state index in [2.05, 4.69) is 4.99 Å². The van der Waals surface area contributed by atoms with Gasteiger partial charge in [0.15, 0.2) is 0 Å². The molecule has 2 unspecified atom stereocenters. The summed E-state index contributed by atoms with van der Waals surface area (Å²) in [5.74, 6) is -0.568. The van der Waals surface area contributed by atoms with Crippen LogP contribution in [0.4, 0.5) is 0 Å². The van der Waals surface area contributed by atoms with Crippen LogP contribution in [0.2, 0.25) is 0 Å². The van der Waals surface area contributed by atoms with Gasteiger partial charge in [-0.2, -0.15) is 0 Å². The largest absolute Gasteiger partial charge is 0.494 e. The summed E-state index contributed by atoms with van der Waals surface area (Å²) in [5, 5.41) is 20.2. The normalized spacial score (nSPS) is 28.4. The van der Waals surface area contributed by atoms with Crippen molar-refractivity contribution in [1.82, 2.24) is 9.13 Å². The molecule has 0 amide bonds. The fraction of sp³-hybridized carbons (Fsp3) is 0.667. The highest BCUT2D eigenvalue weighted by atomic mass is 16.5. The number of aromatic hydroxyl groups is 1. The van der Waals surface area contributed by atoms with Crippen LogP contribution in [-0.4, -0.2) is 50.4 Å². The average molecular weight is 325 g/mol. The molecule has 0 saturated carbocycles. The molecule has 0 bridgehead atoms. The zero-order chi connectivity index (χ0) is 17.3. The van der Waals surface area contributed by atoms with Crippen LogP contribution in [0.1, 0.15) is 25.8 Å². The van der Waals surface area contributed by atoms with Gasteiger partial charge in [-0.05, 0) is 6.42 Å². The van der Waals surface area contributed by atoms with Gasteiger partial charge < -0.3 is 14.9 Å². The lowest BCUT2D eigenvalue weighted by atomic mass is 9.89. The molecular weight excluding hydrogens is 302 g/mol. The Hall–Kier alpha value is -1.93. The Morgan fingerprint density at radius 2 is 2.00 bits per heavy atom. The molecule has 0 spiro atoms. The Kier molecular flexibility index (Phi) is 5.06. The van der Waals surface area contributed by atoms with Gasteiger partial charge in [-0.1, -0.05) is 13.8 Å². The summed E-state index contributed by atoms with van der Waals surface area (Å²) >= 11 is 0. The lowest BCUT2D eigenvalue weighted by Gasteiger charge is -2.36. The van der Waals surface area contributed by atoms with E-state index in [1.165, 1.54) is 20.3 Å². The number of hydrogen-bond acceptors (Lipinski definition) is 6. The number of aromatic nitrogens is 2. The number of aliphatic hydroxyl groups is 1. The van der Waals surface area contributed by atoms with Crippen molar-refractivity contribution in [1.29, 1.82) is 0 Å². The molecule has 1 fully saturated rings. The first-order valence-electron chi connectivity index (χ1n) is 7.61. The fourth-order valence-corrected chi connectivity index (χ4v) is 2.72. The Balaban J connectivity index is 2.32. The maximum Gasteiger partial charge on any atom is 0.333 e. The van der Waals surface area contributed by atoms with Crippen molar-refractivity contribution < 1.29 is 14.9 Å². The summed E-state index contributed by atoms with van der Waals surface area (Å²) in [6.07, 6.45) is 1.12. The number of ether oxygens (including phenoxy) is 1. The standard InChI is InChI=1S/C15H23N3O5/c1-5-11-12(19)8(2)10(7-23-11)16-6-9-13(20)17(3)15(22)18(4)14(9)21/h6,8,10-12,19-20H,5,7H2,1-4H3/t8-,10?,11?,12-/m1/s1. The van der Waals surface area contributed by atoms with Gasteiger partial charge in [0.25, 0.3) is 5.56 Å². The van der Waals surface area contributed by atoms with Crippen LogP contribution >= 0.6 is 0 Å². The van der Waals surface area contributed by atoms with Crippen LogP contribution in [0.25, 0.3) is 0 Å². The lowest BCUT2D eigenvalue weighted by Crippen LogP contribution is -2.47. The average Bonchev–Trinajstić information content (AvgIpc) is 2.55. The number of hydrogen-bond donors (Lipinski definition) is 2. The monoisotopic (exact) mass is 325 g/mol. The van der Waals surface area contributed by atoms with Gasteiger partial charge >= 0.3 is 5.69 Å². The highest BCUT2D eigenvalue weighted by molar-refractivity contribution is 5.82. The second kappa shape index (κ2) is 6.67. The molecule has 1 saturated heterocycles. The summed E-state index contributed by atoms with van der Waals surface area (Å²) in [5.41, 5.74) is -1.29. The smallest absolute Gasteiger partial charge is 0.333 e. The molecule has 1 aromatic heterocycles. The minimum atomic E-state index is -0.632. The van der Waals surface area contributed by atoms with Crippen molar-refractivity contribution in [2.45, 2.75) is 38.5 Å². The van der Waals surface area contributed by atoms with E-state index in [9.17, 15) is 19.8 Å². The van der Waals surface area contributed by atoms with E-state index < -0.39 is 23.2 Å². The predicted molar refractivity (Wildman–Crippen MR) is 85.2 cm³/mol. The van der Waals surface area contributed by atoms with Crippen molar-refractivity contribution in [3.05, 3.63) is 26.4 Å². The molecule has 4 atom stereocenters. The minimum absolute atomic E-state index is 0.0612. The molecule has 1 aromatic rings. The predicted octanol–water partition coefficient (Wildman–Crippen LogP) is -0.617. The van der Waals surface area contributed by atoms with Gasteiger partial charge in [0.2, 0.25) is 5.88 Å². The molecule has 2 heterocycles.